The van der Waals surface area contributed by atoms with Crippen molar-refractivity contribution in [3.05, 3.63) is 0 Å². The average molecular weight is 202 g/mol. The fraction of sp³-hybridized carbons (Fsp3) is 0.900. The topological polar surface area (TPSA) is 55.8 Å². The quantitative estimate of drug-likeness (QED) is 0.755. The highest BCUT2D eigenvalue weighted by Gasteiger charge is 2.27. The molecule has 0 spiro atoms. The molecular weight excluding hydrogens is 184 g/mol. The molecule has 1 atom stereocenters. The van der Waals surface area contributed by atoms with Gasteiger partial charge in [-0.25, -0.2) is 0 Å². The lowest BCUT2D eigenvalue weighted by Crippen LogP contribution is -2.35. The Balaban J connectivity index is 2.36. The van der Waals surface area contributed by atoms with Crippen molar-refractivity contribution in [3.63, 3.8) is 0 Å². The summed E-state index contributed by atoms with van der Waals surface area (Å²) in [5, 5.41) is 8.66. The van der Waals surface area contributed by atoms with Crippen LogP contribution in [0, 0.1) is 0 Å². The van der Waals surface area contributed by atoms with Crippen molar-refractivity contribution in [2.45, 2.75) is 51.4 Å². The molecule has 0 aliphatic carbocycles. The Bertz CT molecular complexity index is 194. The van der Waals surface area contributed by atoms with E-state index in [-0.39, 0.29) is 12.7 Å². The van der Waals surface area contributed by atoms with Gasteiger partial charge in [-0.1, -0.05) is 0 Å². The number of carboxylic acids is 1. The van der Waals surface area contributed by atoms with Crippen LogP contribution in [-0.2, 0) is 14.3 Å². The zero-order valence-electron chi connectivity index (χ0n) is 8.78. The van der Waals surface area contributed by atoms with Crippen LogP contribution in [0.2, 0.25) is 0 Å². The lowest BCUT2D eigenvalue weighted by Gasteiger charge is -2.31. The Kier molecular flexibility index (Phi) is 3.89. The second kappa shape index (κ2) is 4.75. The smallest absolute Gasteiger partial charge is 0.306 e. The Morgan fingerprint density at radius 1 is 1.57 bits per heavy atom. The van der Waals surface area contributed by atoms with E-state index in [0.29, 0.717) is 6.61 Å². The van der Waals surface area contributed by atoms with Gasteiger partial charge in [0.05, 0.1) is 12.0 Å². The Labute approximate surface area is 84.2 Å². The third kappa shape index (κ3) is 4.07. The van der Waals surface area contributed by atoms with Gasteiger partial charge in [-0.2, -0.15) is 0 Å². The van der Waals surface area contributed by atoms with Gasteiger partial charge in [0.2, 0.25) is 0 Å². The molecule has 0 aromatic heterocycles. The molecule has 0 aromatic carbocycles. The Hall–Kier alpha value is -0.610. The van der Waals surface area contributed by atoms with E-state index in [1.807, 2.05) is 0 Å². The predicted molar refractivity (Wildman–Crippen MR) is 51.0 cm³/mol. The first-order chi connectivity index (χ1) is 6.49. The minimum absolute atomic E-state index is 0.00681. The highest BCUT2D eigenvalue weighted by Crippen LogP contribution is 2.22. The summed E-state index contributed by atoms with van der Waals surface area (Å²) in [6.45, 7) is 4.27. The summed E-state index contributed by atoms with van der Waals surface area (Å²) in [7, 11) is 0. The third-order valence-corrected chi connectivity index (χ3v) is 2.17. The third-order valence-electron chi connectivity index (χ3n) is 2.17. The normalized spacial score (nSPS) is 23.4. The van der Waals surface area contributed by atoms with Crippen LogP contribution in [0.5, 0.6) is 0 Å². The molecule has 1 unspecified atom stereocenters. The zero-order valence-corrected chi connectivity index (χ0v) is 8.78. The first-order valence-corrected chi connectivity index (χ1v) is 5.01. The van der Waals surface area contributed by atoms with E-state index < -0.39 is 11.6 Å². The molecule has 1 heterocycles. The molecule has 0 aromatic rings. The van der Waals surface area contributed by atoms with Crippen LogP contribution < -0.4 is 0 Å². The van der Waals surface area contributed by atoms with Crippen LogP contribution in [0.1, 0.15) is 39.5 Å². The van der Waals surface area contributed by atoms with E-state index >= 15 is 0 Å². The highest BCUT2D eigenvalue weighted by atomic mass is 16.7. The molecule has 4 nitrogen and oxygen atoms in total. The van der Waals surface area contributed by atoms with Crippen molar-refractivity contribution < 1.29 is 19.4 Å². The summed E-state index contributed by atoms with van der Waals surface area (Å²) in [5.74, 6) is -0.842. The molecule has 1 fully saturated rings. The van der Waals surface area contributed by atoms with Crippen molar-refractivity contribution in [2.24, 2.45) is 0 Å². The van der Waals surface area contributed by atoms with Crippen LogP contribution in [0.15, 0.2) is 0 Å². The van der Waals surface area contributed by atoms with Gasteiger partial charge in [0.25, 0.3) is 0 Å². The summed E-state index contributed by atoms with van der Waals surface area (Å²) in [6, 6.07) is 0. The van der Waals surface area contributed by atoms with E-state index in [2.05, 4.69) is 0 Å². The van der Waals surface area contributed by atoms with Gasteiger partial charge >= 0.3 is 5.97 Å². The first-order valence-electron chi connectivity index (χ1n) is 5.01. The molecule has 1 N–H and O–H groups in total. The first kappa shape index (κ1) is 11.5. The van der Waals surface area contributed by atoms with Gasteiger partial charge < -0.3 is 14.6 Å². The van der Waals surface area contributed by atoms with Crippen LogP contribution in [0.25, 0.3) is 0 Å². The van der Waals surface area contributed by atoms with Gasteiger partial charge in [-0.15, -0.1) is 0 Å². The number of hydrogen-bond donors (Lipinski definition) is 1. The minimum atomic E-state index is -0.842. The minimum Gasteiger partial charge on any atom is -0.481 e. The standard InChI is InChI=1S/C10H18O4/c1-10(2,7-8(11)12)14-9-5-3-4-6-13-9/h9H,3-7H2,1-2H3,(H,11,12). The average Bonchev–Trinajstić information content (AvgIpc) is 2.02. The van der Waals surface area contributed by atoms with Gasteiger partial charge in [-0.3, -0.25) is 4.79 Å². The van der Waals surface area contributed by atoms with E-state index in [9.17, 15) is 4.79 Å². The largest absolute Gasteiger partial charge is 0.481 e. The summed E-state index contributed by atoms with van der Waals surface area (Å²) in [5.41, 5.74) is -0.645. The SMILES string of the molecule is CC(C)(CC(=O)O)OC1CCCCO1. The number of rotatable bonds is 4. The number of carbonyl (C=O) groups is 1. The molecule has 1 aliphatic heterocycles. The summed E-state index contributed by atoms with van der Waals surface area (Å²) >= 11 is 0. The molecule has 14 heavy (non-hydrogen) atoms. The second-order valence-electron chi connectivity index (χ2n) is 4.24. The summed E-state index contributed by atoms with van der Waals surface area (Å²) < 4.78 is 11.0. The van der Waals surface area contributed by atoms with Gasteiger partial charge in [0, 0.05) is 6.61 Å². The molecule has 0 amide bonds. The maximum Gasteiger partial charge on any atom is 0.306 e. The molecule has 1 rings (SSSR count). The predicted octanol–water partition coefficient (Wildman–Crippen LogP) is 1.78. The second-order valence-corrected chi connectivity index (χ2v) is 4.24. The highest BCUT2D eigenvalue weighted by molar-refractivity contribution is 5.67. The van der Waals surface area contributed by atoms with E-state index in [4.69, 9.17) is 14.6 Å². The Morgan fingerprint density at radius 3 is 2.79 bits per heavy atom. The molecule has 0 bridgehead atoms. The fourth-order valence-electron chi connectivity index (χ4n) is 1.57. The number of hydrogen-bond acceptors (Lipinski definition) is 3. The van der Waals surface area contributed by atoms with Gasteiger partial charge in [0.15, 0.2) is 6.29 Å². The van der Waals surface area contributed by atoms with Crippen molar-refractivity contribution in [3.8, 4) is 0 Å². The zero-order chi connectivity index (χ0) is 10.6. The summed E-state index contributed by atoms with van der Waals surface area (Å²) in [6.07, 6.45) is 2.81. The van der Waals surface area contributed by atoms with Crippen LogP contribution in [-0.4, -0.2) is 29.6 Å². The number of carboxylic acid groups (broad SMARTS) is 1. The van der Waals surface area contributed by atoms with Gasteiger partial charge in [-0.05, 0) is 33.1 Å². The number of ether oxygens (including phenoxy) is 2. The van der Waals surface area contributed by atoms with E-state index in [0.717, 1.165) is 19.3 Å². The van der Waals surface area contributed by atoms with Gasteiger partial charge in [0.1, 0.15) is 0 Å². The number of aliphatic carboxylic acids is 1. The lowest BCUT2D eigenvalue weighted by atomic mass is 10.1. The van der Waals surface area contributed by atoms with Crippen molar-refractivity contribution in [1.82, 2.24) is 0 Å². The maximum atomic E-state index is 10.5. The Morgan fingerprint density at radius 2 is 2.29 bits per heavy atom. The molecule has 82 valence electrons. The molecule has 1 saturated heterocycles. The molecule has 0 radical (unpaired) electrons. The van der Waals surface area contributed by atoms with Crippen molar-refractivity contribution in [2.75, 3.05) is 6.61 Å². The molecular formula is C10H18O4. The molecule has 4 heteroatoms. The van der Waals surface area contributed by atoms with E-state index in [1.165, 1.54) is 0 Å². The summed E-state index contributed by atoms with van der Waals surface area (Å²) in [4.78, 5) is 10.5. The fourth-order valence-corrected chi connectivity index (χ4v) is 1.57. The maximum absolute atomic E-state index is 10.5. The monoisotopic (exact) mass is 202 g/mol. The van der Waals surface area contributed by atoms with Crippen molar-refractivity contribution in [1.29, 1.82) is 0 Å². The molecule has 0 saturated carbocycles. The van der Waals surface area contributed by atoms with Crippen LogP contribution in [0.4, 0.5) is 0 Å². The van der Waals surface area contributed by atoms with E-state index in [1.54, 1.807) is 13.8 Å². The van der Waals surface area contributed by atoms with Crippen molar-refractivity contribution >= 4 is 5.97 Å². The van der Waals surface area contributed by atoms with Crippen LogP contribution >= 0.6 is 0 Å². The van der Waals surface area contributed by atoms with Crippen LogP contribution in [0.3, 0.4) is 0 Å². The molecule has 1 aliphatic rings. The lowest BCUT2D eigenvalue weighted by molar-refractivity contribution is -0.218.